The van der Waals surface area contributed by atoms with Crippen molar-refractivity contribution in [3.05, 3.63) is 81.6 Å². The van der Waals surface area contributed by atoms with Gasteiger partial charge in [0.05, 0.1) is 28.0 Å². The van der Waals surface area contributed by atoms with E-state index in [2.05, 4.69) is 26.0 Å². The summed E-state index contributed by atoms with van der Waals surface area (Å²) in [6.45, 7) is 4.43. The van der Waals surface area contributed by atoms with Gasteiger partial charge in [0.25, 0.3) is 5.91 Å². The molecule has 0 spiro atoms. The van der Waals surface area contributed by atoms with Crippen LogP contribution >= 0.6 is 34.3 Å². The second kappa shape index (κ2) is 7.54. The zero-order valence-electron chi connectivity index (χ0n) is 16.3. The Bertz CT molecular complexity index is 1350. The average Bonchev–Trinajstić information content (AvgIpc) is 3.46. The minimum atomic E-state index is -0.176. The molecule has 2 aromatic carbocycles. The van der Waals surface area contributed by atoms with Gasteiger partial charge in [-0.2, -0.15) is 0 Å². The first-order valence-corrected chi connectivity index (χ1v) is 11.4. The number of thiophene rings is 1. The number of fused-ring (bicyclic) bond motifs is 2. The highest BCUT2D eigenvalue weighted by atomic mass is 35.5. The Morgan fingerprint density at radius 1 is 1.07 bits per heavy atom. The van der Waals surface area contributed by atoms with E-state index in [-0.39, 0.29) is 12.5 Å². The van der Waals surface area contributed by atoms with E-state index in [9.17, 15) is 4.79 Å². The van der Waals surface area contributed by atoms with E-state index in [1.807, 2.05) is 36.4 Å². The molecule has 0 aliphatic carbocycles. The van der Waals surface area contributed by atoms with Gasteiger partial charge in [-0.15, -0.1) is 11.3 Å². The number of thiazole rings is 1. The van der Waals surface area contributed by atoms with E-state index in [1.165, 1.54) is 33.8 Å². The number of anilines is 1. The fourth-order valence-electron chi connectivity index (χ4n) is 3.34. The number of aryl methyl sites for hydroxylation is 2. The molecule has 0 saturated carbocycles. The number of hydrogen-bond donors (Lipinski definition) is 0. The van der Waals surface area contributed by atoms with Crippen molar-refractivity contribution in [3.8, 4) is 0 Å². The molecule has 0 atom stereocenters. The Morgan fingerprint density at radius 2 is 1.87 bits per heavy atom. The number of carbonyl (C=O) groups excluding carboxylic acids is 1. The van der Waals surface area contributed by atoms with Crippen molar-refractivity contribution in [1.29, 1.82) is 0 Å². The first-order valence-electron chi connectivity index (χ1n) is 9.40. The largest absolute Gasteiger partial charge is 0.467 e. The Kier molecular flexibility index (Phi) is 4.85. The molecule has 0 unspecified atom stereocenters. The van der Waals surface area contributed by atoms with Gasteiger partial charge in [0.15, 0.2) is 5.13 Å². The number of aromatic nitrogens is 1. The van der Waals surface area contributed by atoms with Crippen molar-refractivity contribution in [2.24, 2.45) is 0 Å². The zero-order chi connectivity index (χ0) is 20.8. The van der Waals surface area contributed by atoms with Crippen molar-refractivity contribution in [1.82, 2.24) is 4.98 Å². The first kappa shape index (κ1) is 19.3. The van der Waals surface area contributed by atoms with E-state index >= 15 is 0 Å². The van der Waals surface area contributed by atoms with E-state index in [1.54, 1.807) is 11.2 Å². The monoisotopic (exact) mass is 452 g/mol. The number of rotatable bonds is 4. The molecule has 0 N–H and O–H groups in total. The van der Waals surface area contributed by atoms with Crippen molar-refractivity contribution < 1.29 is 9.21 Å². The number of halogens is 1. The van der Waals surface area contributed by atoms with Crippen molar-refractivity contribution in [2.75, 3.05) is 4.90 Å². The maximum absolute atomic E-state index is 13.6. The topological polar surface area (TPSA) is 46.3 Å². The van der Waals surface area contributed by atoms with Gasteiger partial charge >= 0.3 is 0 Å². The van der Waals surface area contributed by atoms with Crippen molar-refractivity contribution in [2.45, 2.75) is 20.4 Å². The smallest absolute Gasteiger partial charge is 0.272 e. The molecule has 0 aliphatic rings. The minimum Gasteiger partial charge on any atom is -0.467 e. The Balaban J connectivity index is 1.63. The maximum Gasteiger partial charge on any atom is 0.272 e. The van der Waals surface area contributed by atoms with Gasteiger partial charge in [0, 0.05) is 10.1 Å². The van der Waals surface area contributed by atoms with Gasteiger partial charge < -0.3 is 4.42 Å². The SMILES string of the molecule is Cc1cc2nc(N(Cc3ccco3)C(=O)c3sc4ccccc4c3Cl)sc2cc1C. The zero-order valence-corrected chi connectivity index (χ0v) is 18.7. The van der Waals surface area contributed by atoms with Crippen LogP contribution in [0, 0.1) is 13.8 Å². The summed E-state index contributed by atoms with van der Waals surface area (Å²) in [5.41, 5.74) is 3.27. The number of furan rings is 1. The average molecular weight is 453 g/mol. The van der Waals surface area contributed by atoms with Gasteiger partial charge in [-0.25, -0.2) is 4.98 Å². The van der Waals surface area contributed by atoms with Crippen LogP contribution in [-0.4, -0.2) is 10.9 Å². The lowest BCUT2D eigenvalue weighted by Gasteiger charge is -2.18. The van der Waals surface area contributed by atoms with Crippen LogP contribution < -0.4 is 4.90 Å². The summed E-state index contributed by atoms with van der Waals surface area (Å²) in [6.07, 6.45) is 1.61. The predicted molar refractivity (Wildman–Crippen MR) is 125 cm³/mol. The van der Waals surface area contributed by atoms with Crippen LogP contribution in [0.25, 0.3) is 20.3 Å². The summed E-state index contributed by atoms with van der Waals surface area (Å²) in [5, 5.41) is 2.00. The third kappa shape index (κ3) is 3.31. The fraction of sp³-hybridized carbons (Fsp3) is 0.130. The quantitative estimate of drug-likeness (QED) is 0.289. The molecule has 0 bridgehead atoms. The third-order valence-electron chi connectivity index (χ3n) is 5.09. The van der Waals surface area contributed by atoms with Gasteiger partial charge in [-0.3, -0.25) is 9.69 Å². The molecule has 0 fully saturated rings. The Hall–Kier alpha value is -2.67. The molecule has 150 valence electrons. The summed E-state index contributed by atoms with van der Waals surface area (Å²) in [6, 6.07) is 15.6. The van der Waals surface area contributed by atoms with Gasteiger partial charge in [-0.1, -0.05) is 41.1 Å². The lowest BCUT2D eigenvalue weighted by Crippen LogP contribution is -2.29. The molecule has 4 nitrogen and oxygen atoms in total. The highest BCUT2D eigenvalue weighted by Gasteiger charge is 2.27. The molecule has 3 aromatic heterocycles. The van der Waals surface area contributed by atoms with Crippen LogP contribution in [0.3, 0.4) is 0 Å². The molecule has 0 radical (unpaired) electrons. The molecular formula is C23H17ClN2O2S2. The maximum atomic E-state index is 13.6. The standard InChI is InChI=1S/C23H17ClN2O2S2/c1-13-10-17-19(11-14(13)2)30-23(25-17)26(12-15-6-5-9-28-15)22(27)21-20(24)16-7-3-4-8-18(16)29-21/h3-11H,12H2,1-2H3. The molecule has 3 heterocycles. The lowest BCUT2D eigenvalue weighted by atomic mass is 10.1. The van der Waals surface area contributed by atoms with Crippen LogP contribution in [0.2, 0.25) is 5.02 Å². The van der Waals surface area contributed by atoms with Crippen LogP contribution in [0.15, 0.2) is 59.2 Å². The number of benzene rings is 2. The van der Waals surface area contributed by atoms with Crippen LogP contribution in [0.5, 0.6) is 0 Å². The van der Waals surface area contributed by atoms with Crippen molar-refractivity contribution >= 4 is 65.6 Å². The third-order valence-corrected chi connectivity index (χ3v) is 7.80. The van der Waals surface area contributed by atoms with E-state index in [0.29, 0.717) is 20.8 Å². The summed E-state index contributed by atoms with van der Waals surface area (Å²) in [7, 11) is 0. The van der Waals surface area contributed by atoms with Crippen LogP contribution in [0.4, 0.5) is 5.13 Å². The highest BCUT2D eigenvalue weighted by Crippen LogP contribution is 2.38. The van der Waals surface area contributed by atoms with E-state index < -0.39 is 0 Å². The van der Waals surface area contributed by atoms with Crippen LogP contribution in [-0.2, 0) is 6.54 Å². The lowest BCUT2D eigenvalue weighted by molar-refractivity contribution is 0.0987. The summed E-state index contributed by atoms with van der Waals surface area (Å²) < 4.78 is 7.56. The molecule has 1 amide bonds. The molecule has 0 aliphatic heterocycles. The van der Waals surface area contributed by atoms with Crippen molar-refractivity contribution in [3.63, 3.8) is 0 Å². The second-order valence-electron chi connectivity index (χ2n) is 7.11. The van der Waals surface area contributed by atoms with Gasteiger partial charge in [-0.05, 0) is 55.3 Å². The fourth-order valence-corrected chi connectivity index (χ4v) is 5.85. The van der Waals surface area contributed by atoms with Crippen LogP contribution in [0.1, 0.15) is 26.6 Å². The number of hydrogen-bond acceptors (Lipinski definition) is 5. The summed E-state index contributed by atoms with van der Waals surface area (Å²) in [5.74, 6) is 0.511. The number of carbonyl (C=O) groups is 1. The molecule has 30 heavy (non-hydrogen) atoms. The van der Waals surface area contributed by atoms with E-state index in [0.717, 1.165) is 20.3 Å². The first-order chi connectivity index (χ1) is 14.5. The minimum absolute atomic E-state index is 0.176. The number of amides is 1. The normalized spacial score (nSPS) is 11.4. The second-order valence-corrected chi connectivity index (χ2v) is 9.55. The Morgan fingerprint density at radius 3 is 2.63 bits per heavy atom. The molecule has 7 heteroatoms. The predicted octanol–water partition coefficient (Wildman–Crippen LogP) is 7.22. The van der Waals surface area contributed by atoms with E-state index in [4.69, 9.17) is 21.0 Å². The highest BCUT2D eigenvalue weighted by molar-refractivity contribution is 7.23. The molecule has 0 saturated heterocycles. The number of nitrogens with zero attached hydrogens (tertiary/aromatic N) is 2. The van der Waals surface area contributed by atoms with Gasteiger partial charge in [0.2, 0.25) is 0 Å². The Labute approximate surface area is 186 Å². The molecule has 5 rings (SSSR count). The van der Waals surface area contributed by atoms with Gasteiger partial charge in [0.1, 0.15) is 10.6 Å². The summed E-state index contributed by atoms with van der Waals surface area (Å²) >= 11 is 9.51. The molecular weight excluding hydrogens is 436 g/mol. The summed E-state index contributed by atoms with van der Waals surface area (Å²) in [4.78, 5) is 20.6. The molecule has 5 aromatic rings.